The van der Waals surface area contributed by atoms with Crippen molar-refractivity contribution in [1.29, 1.82) is 0 Å². The number of hydrogen-bond donors (Lipinski definition) is 1. The third kappa shape index (κ3) is 2.93. The molecule has 0 saturated heterocycles. The standard InChI is InChI=1S/C15H16ClNOS/c16-12-6-5-10(7-12)9-17-15(18)14-8-11-3-1-2-4-13(11)19-14/h1-4,8,10,12H,5-7,9H2,(H,17,18). The molecule has 1 aliphatic carbocycles. The fourth-order valence-corrected chi connectivity index (χ4v) is 3.97. The summed E-state index contributed by atoms with van der Waals surface area (Å²) < 4.78 is 1.16. The Kier molecular flexibility index (Phi) is 3.76. The first kappa shape index (κ1) is 12.9. The molecular formula is C15H16ClNOS. The van der Waals surface area contributed by atoms with Crippen LogP contribution in [0.1, 0.15) is 28.9 Å². The highest BCUT2D eigenvalue weighted by atomic mass is 35.5. The lowest BCUT2D eigenvalue weighted by Gasteiger charge is -2.09. The zero-order valence-corrected chi connectivity index (χ0v) is 12.1. The van der Waals surface area contributed by atoms with Gasteiger partial charge in [-0.25, -0.2) is 0 Å². The van der Waals surface area contributed by atoms with Crippen LogP contribution in [0.25, 0.3) is 10.1 Å². The lowest BCUT2D eigenvalue weighted by molar-refractivity contribution is 0.0951. The van der Waals surface area contributed by atoms with Crippen molar-refractivity contribution >= 4 is 38.9 Å². The van der Waals surface area contributed by atoms with E-state index in [2.05, 4.69) is 5.32 Å². The summed E-state index contributed by atoms with van der Waals surface area (Å²) >= 11 is 7.63. The van der Waals surface area contributed by atoms with Gasteiger partial charge in [0.15, 0.2) is 0 Å². The van der Waals surface area contributed by atoms with E-state index < -0.39 is 0 Å². The molecule has 1 aromatic carbocycles. The summed E-state index contributed by atoms with van der Waals surface area (Å²) in [7, 11) is 0. The lowest BCUT2D eigenvalue weighted by Crippen LogP contribution is -2.27. The molecule has 0 bridgehead atoms. The van der Waals surface area contributed by atoms with E-state index in [1.807, 2.05) is 30.3 Å². The molecule has 2 aromatic rings. The van der Waals surface area contributed by atoms with E-state index in [1.165, 1.54) is 0 Å². The third-order valence-electron chi connectivity index (χ3n) is 3.68. The van der Waals surface area contributed by atoms with Crippen molar-refractivity contribution in [3.63, 3.8) is 0 Å². The van der Waals surface area contributed by atoms with Crippen LogP contribution in [0, 0.1) is 5.92 Å². The molecule has 0 spiro atoms. The quantitative estimate of drug-likeness (QED) is 0.850. The van der Waals surface area contributed by atoms with E-state index in [0.29, 0.717) is 11.3 Å². The SMILES string of the molecule is O=C(NCC1CCC(Cl)C1)c1cc2ccccc2s1. The van der Waals surface area contributed by atoms with Gasteiger partial charge >= 0.3 is 0 Å². The van der Waals surface area contributed by atoms with Gasteiger partial charge in [-0.3, -0.25) is 4.79 Å². The van der Waals surface area contributed by atoms with Gasteiger partial charge < -0.3 is 5.32 Å². The molecule has 1 saturated carbocycles. The van der Waals surface area contributed by atoms with E-state index >= 15 is 0 Å². The van der Waals surface area contributed by atoms with Gasteiger partial charge in [-0.05, 0) is 42.7 Å². The van der Waals surface area contributed by atoms with Crippen molar-refractivity contribution in [2.75, 3.05) is 6.54 Å². The fourth-order valence-electron chi connectivity index (χ4n) is 2.62. The van der Waals surface area contributed by atoms with Crippen molar-refractivity contribution in [1.82, 2.24) is 5.32 Å². The molecule has 100 valence electrons. The Balaban J connectivity index is 1.63. The molecule has 2 atom stereocenters. The van der Waals surface area contributed by atoms with Crippen molar-refractivity contribution in [2.24, 2.45) is 5.92 Å². The molecule has 1 aromatic heterocycles. The predicted molar refractivity (Wildman–Crippen MR) is 81.1 cm³/mol. The van der Waals surface area contributed by atoms with Gasteiger partial charge in [-0.15, -0.1) is 22.9 Å². The number of carbonyl (C=O) groups excluding carboxylic acids is 1. The number of hydrogen-bond acceptors (Lipinski definition) is 2. The largest absolute Gasteiger partial charge is 0.351 e. The molecule has 1 fully saturated rings. The summed E-state index contributed by atoms with van der Waals surface area (Å²) in [4.78, 5) is 12.9. The number of benzene rings is 1. The first-order valence-corrected chi connectivity index (χ1v) is 7.88. The van der Waals surface area contributed by atoms with Gasteiger partial charge in [0, 0.05) is 16.6 Å². The topological polar surface area (TPSA) is 29.1 Å². The molecule has 2 unspecified atom stereocenters. The van der Waals surface area contributed by atoms with Gasteiger partial charge in [0.05, 0.1) is 4.88 Å². The average Bonchev–Trinajstić information content (AvgIpc) is 3.01. The first-order chi connectivity index (χ1) is 9.22. The molecule has 1 N–H and O–H groups in total. The number of thiophene rings is 1. The molecule has 0 aliphatic heterocycles. The number of halogens is 1. The fraction of sp³-hybridized carbons (Fsp3) is 0.400. The average molecular weight is 294 g/mol. The van der Waals surface area contributed by atoms with Crippen LogP contribution < -0.4 is 5.32 Å². The van der Waals surface area contributed by atoms with Crippen LogP contribution in [-0.4, -0.2) is 17.8 Å². The number of nitrogens with one attached hydrogen (secondary N) is 1. The second-order valence-electron chi connectivity index (χ2n) is 5.13. The van der Waals surface area contributed by atoms with Gasteiger partial charge in [0.1, 0.15) is 0 Å². The Morgan fingerprint density at radius 3 is 2.95 bits per heavy atom. The highest BCUT2D eigenvalue weighted by molar-refractivity contribution is 7.20. The number of amides is 1. The summed E-state index contributed by atoms with van der Waals surface area (Å²) in [5.41, 5.74) is 0. The van der Waals surface area contributed by atoms with Crippen LogP contribution >= 0.6 is 22.9 Å². The maximum absolute atomic E-state index is 12.1. The van der Waals surface area contributed by atoms with Gasteiger partial charge in [0.2, 0.25) is 0 Å². The van der Waals surface area contributed by atoms with Crippen LogP contribution in [0.5, 0.6) is 0 Å². The maximum Gasteiger partial charge on any atom is 0.261 e. The maximum atomic E-state index is 12.1. The number of alkyl halides is 1. The monoisotopic (exact) mass is 293 g/mol. The smallest absolute Gasteiger partial charge is 0.261 e. The minimum atomic E-state index is 0.0409. The second-order valence-corrected chi connectivity index (χ2v) is 6.84. The van der Waals surface area contributed by atoms with Crippen molar-refractivity contribution < 1.29 is 4.79 Å². The zero-order valence-electron chi connectivity index (χ0n) is 10.6. The lowest BCUT2D eigenvalue weighted by atomic mass is 10.1. The first-order valence-electron chi connectivity index (χ1n) is 6.63. The summed E-state index contributed by atoms with van der Waals surface area (Å²) in [6.45, 7) is 0.746. The predicted octanol–water partition coefficient (Wildman–Crippen LogP) is 4.04. The Hall–Kier alpha value is -1.06. The second kappa shape index (κ2) is 5.51. The highest BCUT2D eigenvalue weighted by Crippen LogP contribution is 2.29. The van der Waals surface area contributed by atoms with Crippen LogP contribution in [0.3, 0.4) is 0 Å². The van der Waals surface area contributed by atoms with E-state index in [-0.39, 0.29) is 5.91 Å². The Bertz CT molecular complexity index is 562. The van der Waals surface area contributed by atoms with Crippen molar-refractivity contribution in [2.45, 2.75) is 24.6 Å². The summed E-state index contributed by atoms with van der Waals surface area (Å²) in [6, 6.07) is 10.0. The Labute approximate surface area is 121 Å². The van der Waals surface area contributed by atoms with E-state index in [1.54, 1.807) is 11.3 Å². The van der Waals surface area contributed by atoms with Crippen LogP contribution in [0.4, 0.5) is 0 Å². The minimum Gasteiger partial charge on any atom is -0.351 e. The van der Waals surface area contributed by atoms with E-state index in [4.69, 9.17) is 11.6 Å². The zero-order chi connectivity index (χ0) is 13.2. The van der Waals surface area contributed by atoms with Crippen molar-refractivity contribution in [3.05, 3.63) is 35.2 Å². The van der Waals surface area contributed by atoms with E-state index in [9.17, 15) is 4.79 Å². The molecule has 1 amide bonds. The summed E-state index contributed by atoms with van der Waals surface area (Å²) in [6.07, 6.45) is 3.22. The highest BCUT2D eigenvalue weighted by Gasteiger charge is 2.23. The minimum absolute atomic E-state index is 0.0409. The van der Waals surface area contributed by atoms with Gasteiger partial charge in [-0.2, -0.15) is 0 Å². The molecule has 1 heterocycles. The molecule has 0 radical (unpaired) electrons. The van der Waals surface area contributed by atoms with Gasteiger partial charge in [0.25, 0.3) is 5.91 Å². The summed E-state index contributed by atoms with van der Waals surface area (Å²) in [5.74, 6) is 0.583. The van der Waals surface area contributed by atoms with Crippen LogP contribution in [-0.2, 0) is 0 Å². The number of rotatable bonds is 3. The number of fused-ring (bicyclic) bond motifs is 1. The molecule has 19 heavy (non-hydrogen) atoms. The molecule has 4 heteroatoms. The van der Waals surface area contributed by atoms with E-state index in [0.717, 1.165) is 40.8 Å². The summed E-state index contributed by atoms with van der Waals surface area (Å²) in [5, 5.41) is 4.47. The third-order valence-corrected chi connectivity index (χ3v) is 5.19. The molecular weight excluding hydrogens is 278 g/mol. The Morgan fingerprint density at radius 1 is 1.37 bits per heavy atom. The van der Waals surface area contributed by atoms with Crippen LogP contribution in [0.2, 0.25) is 0 Å². The molecule has 3 rings (SSSR count). The van der Waals surface area contributed by atoms with Crippen LogP contribution in [0.15, 0.2) is 30.3 Å². The molecule has 2 nitrogen and oxygen atoms in total. The van der Waals surface area contributed by atoms with Gasteiger partial charge in [-0.1, -0.05) is 18.2 Å². The normalized spacial score (nSPS) is 22.8. The number of carbonyl (C=O) groups is 1. The Morgan fingerprint density at radius 2 is 2.21 bits per heavy atom. The van der Waals surface area contributed by atoms with Crippen molar-refractivity contribution in [3.8, 4) is 0 Å². The molecule has 1 aliphatic rings.